The largest absolute Gasteiger partial charge is 0.463 e. The van der Waals surface area contributed by atoms with Crippen molar-refractivity contribution in [1.29, 1.82) is 0 Å². The molecular weight excluding hydrogens is 254 g/mol. The number of carbonyl (C=O) groups excluding carboxylic acids is 1. The second kappa shape index (κ2) is 5.79. The van der Waals surface area contributed by atoms with E-state index in [1.807, 2.05) is 13.8 Å². The number of aliphatic hydroxyl groups is 1. The molecule has 0 aliphatic carbocycles. The molecule has 106 valence electrons. The van der Waals surface area contributed by atoms with E-state index < -0.39 is 23.0 Å². The van der Waals surface area contributed by atoms with Crippen LogP contribution in [0.4, 0.5) is 0 Å². The van der Waals surface area contributed by atoms with E-state index >= 15 is 0 Å². The highest BCUT2D eigenvalue weighted by atomic mass is 16.6. The van der Waals surface area contributed by atoms with Gasteiger partial charge in [-0.1, -0.05) is 0 Å². The molecule has 1 aromatic heterocycles. The second-order valence-electron chi connectivity index (χ2n) is 4.32. The molecule has 0 saturated heterocycles. The zero-order valence-electron chi connectivity index (χ0n) is 11.1. The van der Waals surface area contributed by atoms with Crippen molar-refractivity contribution in [2.45, 2.75) is 32.4 Å². The van der Waals surface area contributed by atoms with Gasteiger partial charge < -0.3 is 14.4 Å². The van der Waals surface area contributed by atoms with E-state index in [1.54, 1.807) is 13.1 Å². The maximum atomic E-state index is 11.8. The van der Waals surface area contributed by atoms with E-state index in [2.05, 4.69) is 4.98 Å². The average Bonchev–Trinajstić information content (AvgIpc) is 2.77. The zero-order chi connectivity index (χ0) is 14.6. The van der Waals surface area contributed by atoms with Gasteiger partial charge in [0.25, 0.3) is 12.1 Å². The van der Waals surface area contributed by atoms with Crippen molar-refractivity contribution in [3.8, 4) is 0 Å². The van der Waals surface area contributed by atoms with Crippen molar-refractivity contribution in [1.82, 2.24) is 9.55 Å². The molecule has 1 heterocycles. The number of rotatable bonds is 6. The summed E-state index contributed by atoms with van der Waals surface area (Å²) in [6.07, 6.45) is 2.92. The molecule has 1 N–H and O–H groups in total. The van der Waals surface area contributed by atoms with Crippen LogP contribution in [-0.2, 0) is 15.1 Å². The number of ether oxygens (including phenoxy) is 1. The summed E-state index contributed by atoms with van der Waals surface area (Å²) in [6.45, 7) is 4.20. The van der Waals surface area contributed by atoms with Crippen molar-refractivity contribution >= 4 is 5.97 Å². The Morgan fingerprint density at radius 3 is 2.79 bits per heavy atom. The summed E-state index contributed by atoms with van der Waals surface area (Å²) < 4.78 is 6.22. The van der Waals surface area contributed by atoms with Crippen molar-refractivity contribution in [2.24, 2.45) is 0 Å². The molecule has 0 radical (unpaired) electrons. The van der Waals surface area contributed by atoms with Gasteiger partial charge in [-0.05, 0) is 20.8 Å². The average molecular weight is 271 g/mol. The minimum atomic E-state index is -2.38. The maximum Gasteiger partial charge on any atom is 0.353 e. The lowest BCUT2D eigenvalue weighted by Gasteiger charge is -2.23. The normalized spacial score (nSPS) is 14.2. The Morgan fingerprint density at radius 2 is 2.32 bits per heavy atom. The number of nitrogens with zero attached hydrogens (tertiary/aromatic N) is 3. The number of esters is 1. The van der Waals surface area contributed by atoms with Crippen LogP contribution in [0.1, 0.15) is 32.6 Å². The number of aromatic nitrogens is 2. The lowest BCUT2D eigenvalue weighted by molar-refractivity contribution is -0.499. The number of imidazole rings is 1. The van der Waals surface area contributed by atoms with E-state index in [9.17, 15) is 20.0 Å². The molecule has 0 aliphatic heterocycles. The summed E-state index contributed by atoms with van der Waals surface area (Å²) in [5.74, 6) is -1.16. The molecule has 19 heavy (non-hydrogen) atoms. The van der Waals surface area contributed by atoms with Crippen LogP contribution < -0.4 is 0 Å². The fraction of sp³-hybridized carbons (Fsp3) is 0.636. The predicted octanol–water partition coefficient (Wildman–Crippen LogP) is 0.491. The van der Waals surface area contributed by atoms with Crippen LogP contribution in [0.3, 0.4) is 0 Å². The molecule has 0 saturated carbocycles. The summed E-state index contributed by atoms with van der Waals surface area (Å²) in [5, 5.41) is 21.1. The highest BCUT2D eigenvalue weighted by Crippen LogP contribution is 2.24. The number of hydrogen-bond acceptors (Lipinski definition) is 6. The van der Waals surface area contributed by atoms with Crippen LogP contribution in [0.2, 0.25) is 0 Å². The van der Waals surface area contributed by atoms with E-state index in [0.717, 1.165) is 0 Å². The standard InChI is InChI=1S/C11H17N3O5/c1-4-19-10(15)11(16,7-14(17)18)9-12-5-6-13(9)8(2)3/h5-6,8,16H,4,7H2,1-3H3. The Morgan fingerprint density at radius 1 is 1.68 bits per heavy atom. The van der Waals surface area contributed by atoms with Crippen LogP contribution in [0.25, 0.3) is 0 Å². The molecule has 1 unspecified atom stereocenters. The van der Waals surface area contributed by atoms with Crippen molar-refractivity contribution in [2.75, 3.05) is 13.2 Å². The quantitative estimate of drug-likeness (QED) is 0.458. The van der Waals surface area contributed by atoms with Gasteiger partial charge in [-0.2, -0.15) is 0 Å². The van der Waals surface area contributed by atoms with Crippen molar-refractivity contribution in [3.05, 3.63) is 28.3 Å². The van der Waals surface area contributed by atoms with Gasteiger partial charge in [0.05, 0.1) is 6.61 Å². The van der Waals surface area contributed by atoms with Gasteiger partial charge in [-0.3, -0.25) is 10.1 Å². The molecule has 0 fully saturated rings. The topological polar surface area (TPSA) is 107 Å². The van der Waals surface area contributed by atoms with E-state index in [-0.39, 0.29) is 18.5 Å². The molecular formula is C11H17N3O5. The zero-order valence-corrected chi connectivity index (χ0v) is 11.1. The van der Waals surface area contributed by atoms with E-state index in [1.165, 1.54) is 10.8 Å². The van der Waals surface area contributed by atoms with E-state index in [4.69, 9.17) is 4.74 Å². The molecule has 0 amide bonds. The van der Waals surface area contributed by atoms with Gasteiger partial charge in [-0.15, -0.1) is 0 Å². The Labute approximate surface area is 110 Å². The van der Waals surface area contributed by atoms with Gasteiger partial charge in [-0.25, -0.2) is 9.78 Å². The van der Waals surface area contributed by atoms with Crippen LogP contribution in [-0.4, -0.2) is 38.7 Å². The molecule has 0 bridgehead atoms. The molecule has 0 aliphatic rings. The third kappa shape index (κ3) is 3.08. The minimum absolute atomic E-state index is 0.0151. The third-order valence-electron chi connectivity index (χ3n) is 2.57. The summed E-state index contributed by atoms with van der Waals surface area (Å²) >= 11 is 0. The second-order valence-corrected chi connectivity index (χ2v) is 4.32. The Bertz CT molecular complexity index is 471. The highest BCUT2D eigenvalue weighted by Gasteiger charge is 2.49. The molecule has 1 atom stereocenters. The van der Waals surface area contributed by atoms with Crippen LogP contribution in [0.5, 0.6) is 0 Å². The molecule has 0 aromatic carbocycles. The summed E-state index contributed by atoms with van der Waals surface area (Å²) in [6, 6.07) is -0.106. The Hall–Kier alpha value is -1.96. The van der Waals surface area contributed by atoms with Gasteiger partial charge >= 0.3 is 5.97 Å². The third-order valence-corrected chi connectivity index (χ3v) is 2.57. The molecule has 8 nitrogen and oxygen atoms in total. The van der Waals surface area contributed by atoms with Gasteiger partial charge in [0.2, 0.25) is 0 Å². The molecule has 1 rings (SSSR count). The smallest absolute Gasteiger partial charge is 0.353 e. The minimum Gasteiger partial charge on any atom is -0.463 e. The first-order chi connectivity index (χ1) is 8.82. The molecule has 1 aromatic rings. The number of carbonyl (C=O) groups is 1. The highest BCUT2D eigenvalue weighted by molar-refractivity contribution is 5.80. The van der Waals surface area contributed by atoms with Crippen LogP contribution >= 0.6 is 0 Å². The van der Waals surface area contributed by atoms with Gasteiger partial charge in [0, 0.05) is 23.4 Å². The Balaban J connectivity index is 3.26. The summed E-state index contributed by atoms with van der Waals surface area (Å²) in [4.78, 5) is 25.7. The lowest BCUT2D eigenvalue weighted by atomic mass is 10.0. The van der Waals surface area contributed by atoms with Gasteiger partial charge in [0.1, 0.15) is 0 Å². The van der Waals surface area contributed by atoms with Crippen molar-refractivity contribution in [3.63, 3.8) is 0 Å². The van der Waals surface area contributed by atoms with E-state index in [0.29, 0.717) is 0 Å². The molecule has 0 spiro atoms. The Kier molecular flexibility index (Phi) is 4.60. The van der Waals surface area contributed by atoms with Crippen LogP contribution in [0, 0.1) is 10.1 Å². The first-order valence-corrected chi connectivity index (χ1v) is 5.87. The molecule has 8 heteroatoms. The maximum absolute atomic E-state index is 11.8. The van der Waals surface area contributed by atoms with Crippen LogP contribution in [0.15, 0.2) is 12.4 Å². The first-order valence-electron chi connectivity index (χ1n) is 5.87. The fourth-order valence-corrected chi connectivity index (χ4v) is 1.71. The van der Waals surface area contributed by atoms with Gasteiger partial charge in [0.15, 0.2) is 5.82 Å². The van der Waals surface area contributed by atoms with Crippen molar-refractivity contribution < 1.29 is 19.6 Å². The first kappa shape index (κ1) is 15.1. The lowest BCUT2D eigenvalue weighted by Crippen LogP contribution is -2.45. The number of hydrogen-bond donors (Lipinski definition) is 1. The number of nitro groups is 1. The predicted molar refractivity (Wildman–Crippen MR) is 65.0 cm³/mol. The summed E-state index contributed by atoms with van der Waals surface area (Å²) in [5.41, 5.74) is -2.38. The summed E-state index contributed by atoms with van der Waals surface area (Å²) in [7, 11) is 0. The SMILES string of the molecule is CCOC(=O)C(O)(C[N+](=O)[O-])c1nccn1C(C)C. The monoisotopic (exact) mass is 271 g/mol. The fourth-order valence-electron chi connectivity index (χ4n) is 1.71.